The van der Waals surface area contributed by atoms with E-state index in [1.807, 2.05) is 0 Å². The summed E-state index contributed by atoms with van der Waals surface area (Å²) in [6.07, 6.45) is 2.84. The molecule has 0 radical (unpaired) electrons. The average molecular weight is 281 g/mol. The van der Waals surface area contributed by atoms with Crippen molar-refractivity contribution in [3.05, 3.63) is 0 Å². The molecule has 0 spiro atoms. The van der Waals surface area contributed by atoms with Gasteiger partial charge in [-0.2, -0.15) is 5.26 Å². The van der Waals surface area contributed by atoms with E-state index < -0.39 is 15.3 Å². The quantitative estimate of drug-likeness (QED) is 0.788. The maximum atomic E-state index is 11.5. The van der Waals surface area contributed by atoms with E-state index in [9.17, 15) is 8.42 Å². The Morgan fingerprint density at radius 2 is 2.21 bits per heavy atom. The van der Waals surface area contributed by atoms with Gasteiger partial charge in [0.1, 0.15) is 0 Å². The van der Waals surface area contributed by atoms with Crippen LogP contribution in [0.5, 0.6) is 0 Å². The SMILES string of the molecule is CC(C#N)S(=O)(=O)NC1CCCC1Br. The lowest BCUT2D eigenvalue weighted by Gasteiger charge is -2.16. The minimum absolute atomic E-state index is 0.0594. The smallest absolute Gasteiger partial charge is 0.211 e. The van der Waals surface area contributed by atoms with Crippen molar-refractivity contribution in [1.29, 1.82) is 5.26 Å². The number of hydrogen-bond acceptors (Lipinski definition) is 3. The summed E-state index contributed by atoms with van der Waals surface area (Å²) in [7, 11) is -3.47. The second-order valence-electron chi connectivity index (χ2n) is 3.49. The molecule has 0 saturated heterocycles. The van der Waals surface area contributed by atoms with Gasteiger partial charge in [-0.25, -0.2) is 13.1 Å². The van der Waals surface area contributed by atoms with E-state index in [-0.39, 0.29) is 10.9 Å². The molecule has 3 atom stereocenters. The zero-order valence-electron chi connectivity index (χ0n) is 7.90. The summed E-state index contributed by atoms with van der Waals surface area (Å²) in [5.74, 6) is 0. The van der Waals surface area contributed by atoms with Crippen molar-refractivity contribution < 1.29 is 8.42 Å². The first kappa shape index (κ1) is 12.0. The Morgan fingerprint density at radius 1 is 1.57 bits per heavy atom. The Hall–Kier alpha value is -0.120. The average Bonchev–Trinajstić information content (AvgIpc) is 2.50. The van der Waals surface area contributed by atoms with Crippen molar-refractivity contribution in [3.63, 3.8) is 0 Å². The summed E-state index contributed by atoms with van der Waals surface area (Å²) in [5.41, 5.74) is 0. The zero-order chi connectivity index (χ0) is 10.8. The molecular formula is C8H13BrN2O2S. The molecule has 4 nitrogen and oxygen atoms in total. The molecule has 1 saturated carbocycles. The molecule has 0 heterocycles. The Labute approximate surface area is 92.9 Å². The van der Waals surface area contributed by atoms with Crippen molar-refractivity contribution in [1.82, 2.24) is 4.72 Å². The molecule has 1 N–H and O–H groups in total. The second-order valence-corrected chi connectivity index (χ2v) is 6.70. The van der Waals surface area contributed by atoms with Gasteiger partial charge < -0.3 is 0 Å². The molecule has 0 aromatic rings. The van der Waals surface area contributed by atoms with Crippen LogP contribution >= 0.6 is 15.9 Å². The molecule has 0 aromatic carbocycles. The summed E-state index contributed by atoms with van der Waals surface area (Å²) < 4.78 is 25.6. The molecule has 1 aliphatic rings. The van der Waals surface area contributed by atoms with Gasteiger partial charge in [-0.05, 0) is 19.8 Å². The summed E-state index contributed by atoms with van der Waals surface area (Å²) in [5, 5.41) is 7.55. The minimum Gasteiger partial charge on any atom is -0.211 e. The van der Waals surface area contributed by atoms with Gasteiger partial charge in [0.25, 0.3) is 0 Å². The van der Waals surface area contributed by atoms with Crippen LogP contribution in [-0.4, -0.2) is 24.5 Å². The molecule has 0 bridgehead atoms. The first-order chi connectivity index (χ1) is 6.47. The Kier molecular flexibility index (Phi) is 3.93. The number of hydrogen-bond donors (Lipinski definition) is 1. The predicted molar refractivity (Wildman–Crippen MR) is 57.5 cm³/mol. The van der Waals surface area contributed by atoms with E-state index in [4.69, 9.17) is 5.26 Å². The molecule has 3 unspecified atom stereocenters. The van der Waals surface area contributed by atoms with Gasteiger partial charge in [0, 0.05) is 10.9 Å². The number of nitrogens with zero attached hydrogens (tertiary/aromatic N) is 1. The number of sulfonamides is 1. The molecule has 0 amide bonds. The van der Waals surface area contributed by atoms with Crippen molar-refractivity contribution in [2.24, 2.45) is 0 Å². The first-order valence-corrected chi connectivity index (χ1v) is 6.98. The molecule has 80 valence electrons. The van der Waals surface area contributed by atoms with Gasteiger partial charge in [-0.1, -0.05) is 22.4 Å². The van der Waals surface area contributed by atoms with E-state index in [1.165, 1.54) is 6.92 Å². The van der Waals surface area contributed by atoms with Gasteiger partial charge in [-0.3, -0.25) is 0 Å². The van der Waals surface area contributed by atoms with Gasteiger partial charge in [0.2, 0.25) is 10.0 Å². The van der Waals surface area contributed by atoms with E-state index in [2.05, 4.69) is 20.7 Å². The Morgan fingerprint density at radius 3 is 2.64 bits per heavy atom. The van der Waals surface area contributed by atoms with Crippen molar-refractivity contribution in [2.45, 2.75) is 42.3 Å². The maximum Gasteiger partial charge on any atom is 0.227 e. The van der Waals surface area contributed by atoms with Gasteiger partial charge in [0.05, 0.1) is 6.07 Å². The highest BCUT2D eigenvalue weighted by molar-refractivity contribution is 9.09. The number of halogens is 1. The van der Waals surface area contributed by atoms with Crippen LogP contribution < -0.4 is 4.72 Å². The Balaban J connectivity index is 2.64. The third kappa shape index (κ3) is 2.69. The highest BCUT2D eigenvalue weighted by Gasteiger charge is 2.31. The topological polar surface area (TPSA) is 70.0 Å². The molecular weight excluding hydrogens is 268 g/mol. The molecule has 1 aliphatic carbocycles. The number of nitriles is 1. The minimum atomic E-state index is -3.47. The van der Waals surface area contributed by atoms with Crippen LogP contribution in [0.4, 0.5) is 0 Å². The van der Waals surface area contributed by atoms with Crippen molar-refractivity contribution in [3.8, 4) is 6.07 Å². The highest BCUT2D eigenvalue weighted by atomic mass is 79.9. The first-order valence-electron chi connectivity index (χ1n) is 4.52. The van der Waals surface area contributed by atoms with Gasteiger partial charge >= 0.3 is 0 Å². The van der Waals surface area contributed by atoms with Crippen LogP contribution in [0.25, 0.3) is 0 Å². The fourth-order valence-electron chi connectivity index (χ4n) is 1.43. The highest BCUT2D eigenvalue weighted by Crippen LogP contribution is 2.26. The lowest BCUT2D eigenvalue weighted by atomic mass is 10.3. The lowest BCUT2D eigenvalue weighted by molar-refractivity contribution is 0.552. The molecule has 14 heavy (non-hydrogen) atoms. The molecule has 0 aromatic heterocycles. The largest absolute Gasteiger partial charge is 0.227 e. The van der Waals surface area contributed by atoms with Crippen LogP contribution in [0.3, 0.4) is 0 Å². The van der Waals surface area contributed by atoms with Gasteiger partial charge in [-0.15, -0.1) is 0 Å². The van der Waals surface area contributed by atoms with Crippen LogP contribution in [-0.2, 0) is 10.0 Å². The monoisotopic (exact) mass is 280 g/mol. The molecule has 1 fully saturated rings. The summed E-state index contributed by atoms with van der Waals surface area (Å²) in [6, 6.07) is 1.67. The van der Waals surface area contributed by atoms with E-state index in [0.29, 0.717) is 0 Å². The summed E-state index contributed by atoms with van der Waals surface area (Å²) in [4.78, 5) is 0.197. The second kappa shape index (κ2) is 4.60. The van der Waals surface area contributed by atoms with Crippen molar-refractivity contribution >= 4 is 26.0 Å². The third-order valence-electron chi connectivity index (χ3n) is 2.39. The lowest BCUT2D eigenvalue weighted by Crippen LogP contribution is -2.41. The van der Waals surface area contributed by atoms with Gasteiger partial charge in [0.15, 0.2) is 5.25 Å². The van der Waals surface area contributed by atoms with Crippen LogP contribution in [0.15, 0.2) is 0 Å². The summed E-state index contributed by atoms with van der Waals surface area (Å²) in [6.45, 7) is 1.39. The molecule has 0 aliphatic heterocycles. The maximum absolute atomic E-state index is 11.5. The molecule has 6 heteroatoms. The fourth-order valence-corrected chi connectivity index (χ4v) is 3.37. The van der Waals surface area contributed by atoms with E-state index in [0.717, 1.165) is 19.3 Å². The van der Waals surface area contributed by atoms with E-state index in [1.54, 1.807) is 6.07 Å². The van der Waals surface area contributed by atoms with Crippen LogP contribution in [0.1, 0.15) is 26.2 Å². The normalized spacial score (nSPS) is 29.8. The summed E-state index contributed by atoms with van der Waals surface area (Å²) >= 11 is 3.42. The molecule has 1 rings (SSSR count). The van der Waals surface area contributed by atoms with Crippen molar-refractivity contribution in [2.75, 3.05) is 0 Å². The predicted octanol–water partition coefficient (Wildman–Crippen LogP) is 1.13. The standard InChI is InChI=1S/C8H13BrN2O2S/c1-6(5-10)14(12,13)11-8-4-2-3-7(8)9/h6-8,11H,2-4H2,1H3. The Bertz CT molecular complexity index is 336. The van der Waals surface area contributed by atoms with Crippen LogP contribution in [0, 0.1) is 11.3 Å². The van der Waals surface area contributed by atoms with Crippen LogP contribution in [0.2, 0.25) is 0 Å². The number of alkyl halides is 1. The fraction of sp³-hybridized carbons (Fsp3) is 0.875. The third-order valence-corrected chi connectivity index (χ3v) is 5.16. The zero-order valence-corrected chi connectivity index (χ0v) is 10.3. The number of rotatable bonds is 3. The number of nitrogens with one attached hydrogen (secondary N) is 1. The van der Waals surface area contributed by atoms with E-state index >= 15 is 0 Å².